The molecule has 0 amide bonds. The van der Waals surface area contributed by atoms with E-state index in [2.05, 4.69) is 0 Å². The quantitative estimate of drug-likeness (QED) is 0.738. The molecule has 0 saturated heterocycles. The first-order valence-corrected chi connectivity index (χ1v) is 4.26. The van der Waals surface area contributed by atoms with E-state index in [1.807, 2.05) is 13.8 Å². The van der Waals surface area contributed by atoms with Crippen molar-refractivity contribution in [3.8, 4) is 5.75 Å². The van der Waals surface area contributed by atoms with E-state index >= 15 is 0 Å². The van der Waals surface area contributed by atoms with Gasteiger partial charge >= 0.3 is 0 Å². The molecule has 0 aromatic heterocycles. The zero-order valence-electron chi connectivity index (χ0n) is 7.79. The lowest BCUT2D eigenvalue weighted by Gasteiger charge is -2.15. The van der Waals surface area contributed by atoms with E-state index in [0.29, 0.717) is 0 Å². The van der Waals surface area contributed by atoms with Gasteiger partial charge in [-0.15, -0.1) is 0 Å². The standard InChI is InChI=1S/C10H14FNO/c1-6(2)10(12)7-3-4-8(11)9(13)5-7/h3-6,10,13H,12H2,1-2H3. The summed E-state index contributed by atoms with van der Waals surface area (Å²) in [5.41, 5.74) is 6.58. The zero-order chi connectivity index (χ0) is 10.0. The average molecular weight is 183 g/mol. The van der Waals surface area contributed by atoms with E-state index in [1.54, 1.807) is 6.07 Å². The van der Waals surface area contributed by atoms with Gasteiger partial charge in [0.1, 0.15) is 0 Å². The molecule has 0 heterocycles. The molecule has 3 heteroatoms. The molecular weight excluding hydrogens is 169 g/mol. The molecule has 0 saturated carbocycles. The van der Waals surface area contributed by atoms with Crippen molar-refractivity contribution >= 4 is 0 Å². The van der Waals surface area contributed by atoms with Crippen molar-refractivity contribution in [3.05, 3.63) is 29.6 Å². The lowest BCUT2D eigenvalue weighted by atomic mass is 9.97. The molecule has 0 bridgehead atoms. The Bertz CT molecular complexity index is 299. The van der Waals surface area contributed by atoms with E-state index < -0.39 is 5.82 Å². The molecular formula is C10H14FNO. The molecule has 3 N–H and O–H groups in total. The number of halogens is 1. The summed E-state index contributed by atoms with van der Waals surface area (Å²) in [5, 5.41) is 9.10. The number of nitrogens with two attached hydrogens (primary N) is 1. The van der Waals surface area contributed by atoms with Crippen LogP contribution in [0.2, 0.25) is 0 Å². The van der Waals surface area contributed by atoms with Gasteiger partial charge in [0.15, 0.2) is 11.6 Å². The minimum Gasteiger partial charge on any atom is -0.505 e. The zero-order valence-corrected chi connectivity index (χ0v) is 7.79. The third-order valence-electron chi connectivity index (χ3n) is 2.07. The number of hydrogen-bond acceptors (Lipinski definition) is 2. The van der Waals surface area contributed by atoms with Crippen LogP contribution in [-0.4, -0.2) is 5.11 Å². The number of hydrogen-bond donors (Lipinski definition) is 2. The van der Waals surface area contributed by atoms with Gasteiger partial charge in [0, 0.05) is 6.04 Å². The van der Waals surface area contributed by atoms with E-state index in [0.717, 1.165) is 5.56 Å². The molecule has 72 valence electrons. The molecule has 2 nitrogen and oxygen atoms in total. The second-order valence-corrected chi connectivity index (χ2v) is 3.48. The van der Waals surface area contributed by atoms with Crippen LogP contribution in [-0.2, 0) is 0 Å². The molecule has 1 aromatic carbocycles. The lowest BCUT2D eigenvalue weighted by molar-refractivity contribution is 0.428. The van der Waals surface area contributed by atoms with E-state index in [9.17, 15) is 4.39 Å². The van der Waals surface area contributed by atoms with Crippen molar-refractivity contribution in [2.75, 3.05) is 0 Å². The first-order chi connectivity index (χ1) is 6.02. The summed E-state index contributed by atoms with van der Waals surface area (Å²) in [5.74, 6) is -0.682. The van der Waals surface area contributed by atoms with Crippen LogP contribution in [0.1, 0.15) is 25.5 Å². The molecule has 1 unspecified atom stereocenters. The summed E-state index contributed by atoms with van der Waals surface area (Å²) in [6.45, 7) is 3.95. The van der Waals surface area contributed by atoms with Gasteiger partial charge in [-0.3, -0.25) is 0 Å². The Morgan fingerprint density at radius 1 is 1.38 bits per heavy atom. The Morgan fingerprint density at radius 2 is 2.00 bits per heavy atom. The number of benzene rings is 1. The van der Waals surface area contributed by atoms with E-state index in [1.165, 1.54) is 12.1 Å². The van der Waals surface area contributed by atoms with Gasteiger partial charge in [-0.25, -0.2) is 4.39 Å². The van der Waals surface area contributed by atoms with Crippen LogP contribution >= 0.6 is 0 Å². The maximum absolute atomic E-state index is 12.7. The molecule has 0 spiro atoms. The van der Waals surface area contributed by atoms with Crippen molar-refractivity contribution in [1.82, 2.24) is 0 Å². The van der Waals surface area contributed by atoms with E-state index in [-0.39, 0.29) is 17.7 Å². The summed E-state index contributed by atoms with van der Waals surface area (Å²) in [7, 11) is 0. The SMILES string of the molecule is CC(C)C(N)c1ccc(F)c(O)c1. The summed E-state index contributed by atoms with van der Waals surface area (Å²) in [6.07, 6.45) is 0. The third kappa shape index (κ3) is 2.18. The van der Waals surface area contributed by atoms with Crippen LogP contribution in [0.5, 0.6) is 5.75 Å². The molecule has 0 aliphatic rings. The third-order valence-corrected chi connectivity index (χ3v) is 2.07. The predicted molar refractivity (Wildman–Crippen MR) is 49.8 cm³/mol. The Kier molecular flexibility index (Phi) is 2.88. The first kappa shape index (κ1) is 9.99. The Labute approximate surface area is 77.2 Å². The summed E-state index contributed by atoms with van der Waals surface area (Å²) >= 11 is 0. The first-order valence-electron chi connectivity index (χ1n) is 4.26. The maximum Gasteiger partial charge on any atom is 0.164 e. The van der Waals surface area contributed by atoms with Crippen molar-refractivity contribution in [3.63, 3.8) is 0 Å². The highest BCUT2D eigenvalue weighted by Gasteiger charge is 2.11. The smallest absolute Gasteiger partial charge is 0.164 e. The van der Waals surface area contributed by atoms with Gasteiger partial charge < -0.3 is 10.8 Å². The van der Waals surface area contributed by atoms with Gasteiger partial charge in [-0.2, -0.15) is 0 Å². The van der Waals surface area contributed by atoms with Gasteiger partial charge in [0.2, 0.25) is 0 Å². The fourth-order valence-corrected chi connectivity index (χ4v) is 1.12. The summed E-state index contributed by atoms with van der Waals surface area (Å²) < 4.78 is 12.7. The second-order valence-electron chi connectivity index (χ2n) is 3.48. The highest BCUT2D eigenvalue weighted by molar-refractivity contribution is 5.30. The van der Waals surface area contributed by atoms with Crippen molar-refractivity contribution in [1.29, 1.82) is 0 Å². The van der Waals surface area contributed by atoms with Crippen LogP contribution in [0.4, 0.5) is 4.39 Å². The Hall–Kier alpha value is -1.09. The molecule has 0 fully saturated rings. The van der Waals surface area contributed by atoms with Gasteiger partial charge in [-0.1, -0.05) is 19.9 Å². The minimum absolute atomic E-state index is 0.161. The molecule has 1 atom stereocenters. The van der Waals surface area contributed by atoms with Crippen molar-refractivity contribution in [2.45, 2.75) is 19.9 Å². The maximum atomic E-state index is 12.7. The molecule has 1 rings (SSSR count). The van der Waals surface area contributed by atoms with Crippen LogP contribution in [0.25, 0.3) is 0 Å². The highest BCUT2D eigenvalue weighted by Crippen LogP contribution is 2.24. The van der Waals surface area contributed by atoms with E-state index in [4.69, 9.17) is 10.8 Å². The molecule has 0 radical (unpaired) electrons. The normalized spacial score (nSPS) is 13.3. The minimum atomic E-state index is -0.611. The van der Waals surface area contributed by atoms with Crippen molar-refractivity contribution < 1.29 is 9.50 Å². The van der Waals surface area contributed by atoms with Gasteiger partial charge in [0.25, 0.3) is 0 Å². The topological polar surface area (TPSA) is 46.2 Å². The number of aromatic hydroxyl groups is 1. The van der Waals surface area contributed by atoms with Crippen molar-refractivity contribution in [2.24, 2.45) is 11.7 Å². The number of phenols is 1. The fourth-order valence-electron chi connectivity index (χ4n) is 1.12. The number of rotatable bonds is 2. The van der Waals surface area contributed by atoms with Crippen LogP contribution < -0.4 is 5.73 Å². The van der Waals surface area contributed by atoms with Gasteiger partial charge in [-0.05, 0) is 23.6 Å². The monoisotopic (exact) mass is 183 g/mol. The largest absolute Gasteiger partial charge is 0.505 e. The van der Waals surface area contributed by atoms with Gasteiger partial charge in [0.05, 0.1) is 0 Å². The Morgan fingerprint density at radius 3 is 2.46 bits per heavy atom. The number of phenolic OH excluding ortho intramolecular Hbond substituents is 1. The highest BCUT2D eigenvalue weighted by atomic mass is 19.1. The molecule has 0 aliphatic heterocycles. The second kappa shape index (κ2) is 3.75. The fraction of sp³-hybridized carbons (Fsp3) is 0.400. The molecule has 1 aromatic rings. The Balaban J connectivity index is 2.97. The van der Waals surface area contributed by atoms with Crippen LogP contribution in [0.15, 0.2) is 18.2 Å². The van der Waals surface area contributed by atoms with Crippen LogP contribution in [0, 0.1) is 11.7 Å². The average Bonchev–Trinajstić information content (AvgIpc) is 2.08. The predicted octanol–water partition coefficient (Wildman–Crippen LogP) is 2.19. The summed E-state index contributed by atoms with van der Waals surface area (Å²) in [4.78, 5) is 0. The molecule has 13 heavy (non-hydrogen) atoms. The molecule has 0 aliphatic carbocycles. The lowest BCUT2D eigenvalue weighted by Crippen LogP contribution is -2.16. The summed E-state index contributed by atoms with van der Waals surface area (Å²) in [6, 6.07) is 4.04. The van der Waals surface area contributed by atoms with Crippen LogP contribution in [0.3, 0.4) is 0 Å².